The number of carbonyl (C=O) groups excluding carboxylic acids is 2. The van der Waals surface area contributed by atoms with E-state index < -0.39 is 6.04 Å². The summed E-state index contributed by atoms with van der Waals surface area (Å²) in [5.74, 6) is 1.97. The van der Waals surface area contributed by atoms with Gasteiger partial charge in [0.2, 0.25) is 11.7 Å². The van der Waals surface area contributed by atoms with Gasteiger partial charge in [-0.05, 0) is 59.9 Å². The van der Waals surface area contributed by atoms with Gasteiger partial charge in [0.25, 0.3) is 0 Å². The van der Waals surface area contributed by atoms with Gasteiger partial charge in [0.05, 0.1) is 45.9 Å². The molecule has 8 nitrogen and oxygen atoms in total. The lowest BCUT2D eigenvalue weighted by Crippen LogP contribution is -2.38. The standard InChI is InChI=1S/C32H34N2O6/c1-6-29(36)34-25-10-8-7-9-23(25)33-24-15-20(19-11-13-22(37-2)14-12-19)16-26(35)30(24)31(34)21-17-27(38-3)32(40-5)28(18-21)39-4/h7-14,17-18,20,31,33H,6,15-16H2,1-5H3/t20-,31-/m0/s1. The van der Waals surface area contributed by atoms with Gasteiger partial charge in [-0.15, -0.1) is 0 Å². The molecule has 1 N–H and O–H groups in total. The summed E-state index contributed by atoms with van der Waals surface area (Å²) in [5, 5.41) is 3.56. The van der Waals surface area contributed by atoms with Gasteiger partial charge < -0.3 is 24.3 Å². The van der Waals surface area contributed by atoms with Gasteiger partial charge in [-0.2, -0.15) is 0 Å². The number of anilines is 2. The molecule has 8 heteroatoms. The van der Waals surface area contributed by atoms with Crippen LogP contribution in [0.25, 0.3) is 0 Å². The zero-order valence-corrected chi connectivity index (χ0v) is 23.4. The molecule has 0 aromatic heterocycles. The number of rotatable bonds is 7. The fraction of sp³-hybridized carbons (Fsp3) is 0.312. The van der Waals surface area contributed by atoms with Crippen molar-refractivity contribution in [3.8, 4) is 23.0 Å². The molecule has 0 saturated heterocycles. The molecule has 0 bridgehead atoms. The Kier molecular flexibility index (Phi) is 7.69. The van der Waals surface area contributed by atoms with E-state index in [0.717, 1.165) is 22.7 Å². The highest BCUT2D eigenvalue weighted by Crippen LogP contribution is 2.50. The number of benzene rings is 3. The van der Waals surface area contributed by atoms with Crippen LogP contribution in [-0.2, 0) is 9.59 Å². The number of carbonyl (C=O) groups is 2. The number of allylic oxidation sites excluding steroid dienone is 1. The van der Waals surface area contributed by atoms with Crippen molar-refractivity contribution >= 4 is 23.1 Å². The van der Waals surface area contributed by atoms with E-state index >= 15 is 0 Å². The van der Waals surface area contributed by atoms with Crippen molar-refractivity contribution in [3.05, 3.63) is 83.1 Å². The van der Waals surface area contributed by atoms with E-state index in [-0.39, 0.29) is 24.0 Å². The smallest absolute Gasteiger partial charge is 0.227 e. The van der Waals surface area contributed by atoms with Crippen LogP contribution in [0.2, 0.25) is 0 Å². The maximum atomic E-state index is 14.2. The summed E-state index contributed by atoms with van der Waals surface area (Å²) < 4.78 is 22.2. The number of Topliss-reactive ketones (excluding diaryl/α,β-unsaturated/α-hetero) is 1. The first kappa shape index (κ1) is 27.1. The van der Waals surface area contributed by atoms with E-state index in [1.54, 1.807) is 33.3 Å². The molecule has 2 atom stereocenters. The van der Waals surface area contributed by atoms with Crippen LogP contribution in [0.3, 0.4) is 0 Å². The molecule has 5 rings (SSSR count). The lowest BCUT2D eigenvalue weighted by molar-refractivity contribution is -0.119. The first-order chi connectivity index (χ1) is 19.4. The van der Waals surface area contributed by atoms with Gasteiger partial charge in [-0.1, -0.05) is 31.2 Å². The second-order valence-electron chi connectivity index (χ2n) is 9.81. The van der Waals surface area contributed by atoms with Crippen LogP contribution in [0.1, 0.15) is 49.3 Å². The molecule has 3 aromatic carbocycles. The number of ether oxygens (including phenoxy) is 4. The van der Waals surface area contributed by atoms with Gasteiger partial charge in [0.15, 0.2) is 17.3 Å². The van der Waals surface area contributed by atoms with Crippen molar-refractivity contribution in [2.75, 3.05) is 38.7 Å². The minimum absolute atomic E-state index is 0.0185. The van der Waals surface area contributed by atoms with Crippen LogP contribution in [0.5, 0.6) is 23.0 Å². The molecule has 3 aromatic rings. The summed E-state index contributed by atoms with van der Waals surface area (Å²) in [5.41, 5.74) is 4.60. The Hall–Kier alpha value is -4.46. The highest BCUT2D eigenvalue weighted by atomic mass is 16.5. The summed E-state index contributed by atoms with van der Waals surface area (Å²) in [6, 6.07) is 18.5. The fourth-order valence-corrected chi connectivity index (χ4v) is 5.72. The topological polar surface area (TPSA) is 86.3 Å². The maximum absolute atomic E-state index is 14.2. The Morgan fingerprint density at radius 2 is 1.55 bits per heavy atom. The molecule has 1 aliphatic carbocycles. The number of hydrogen-bond donors (Lipinski definition) is 1. The highest BCUT2D eigenvalue weighted by Gasteiger charge is 2.42. The normalized spacial score (nSPS) is 18.2. The van der Waals surface area contributed by atoms with Gasteiger partial charge in [0, 0.05) is 24.1 Å². The lowest BCUT2D eigenvalue weighted by Gasteiger charge is -2.35. The minimum Gasteiger partial charge on any atom is -0.497 e. The Balaban J connectivity index is 1.73. The number of hydrogen-bond acceptors (Lipinski definition) is 7. The summed E-state index contributed by atoms with van der Waals surface area (Å²) in [4.78, 5) is 29.6. The number of fused-ring (bicyclic) bond motifs is 1. The zero-order chi connectivity index (χ0) is 28.4. The molecular formula is C32H34N2O6. The lowest BCUT2D eigenvalue weighted by atomic mass is 9.78. The first-order valence-corrected chi connectivity index (χ1v) is 13.3. The summed E-state index contributed by atoms with van der Waals surface area (Å²) in [7, 11) is 6.28. The Morgan fingerprint density at radius 1 is 0.875 bits per heavy atom. The van der Waals surface area contributed by atoms with Crippen LogP contribution in [0, 0.1) is 0 Å². The second-order valence-corrected chi connectivity index (χ2v) is 9.81. The molecule has 208 valence electrons. The number of amides is 1. The molecule has 1 amide bonds. The minimum atomic E-state index is -0.698. The molecule has 0 radical (unpaired) electrons. The molecule has 0 unspecified atom stereocenters. The number of nitrogens with one attached hydrogen (secondary N) is 1. The van der Waals surface area contributed by atoms with Gasteiger partial charge >= 0.3 is 0 Å². The van der Waals surface area contributed by atoms with Crippen molar-refractivity contribution < 1.29 is 28.5 Å². The van der Waals surface area contributed by atoms with E-state index in [1.165, 1.54) is 0 Å². The number of ketones is 1. The Morgan fingerprint density at radius 3 is 2.15 bits per heavy atom. The fourth-order valence-electron chi connectivity index (χ4n) is 5.72. The summed E-state index contributed by atoms with van der Waals surface area (Å²) in [6.45, 7) is 1.83. The number of nitrogens with zero attached hydrogens (tertiary/aromatic N) is 1. The quantitative estimate of drug-likeness (QED) is 0.390. The van der Waals surface area contributed by atoms with Crippen molar-refractivity contribution in [1.82, 2.24) is 0 Å². The van der Waals surface area contributed by atoms with Crippen molar-refractivity contribution in [2.24, 2.45) is 0 Å². The number of para-hydroxylation sites is 2. The van der Waals surface area contributed by atoms with Crippen molar-refractivity contribution in [1.29, 1.82) is 0 Å². The molecule has 1 heterocycles. The first-order valence-electron chi connectivity index (χ1n) is 13.3. The molecular weight excluding hydrogens is 508 g/mol. The third-order valence-corrected chi connectivity index (χ3v) is 7.65. The monoisotopic (exact) mass is 542 g/mol. The van der Waals surface area contributed by atoms with Crippen molar-refractivity contribution in [3.63, 3.8) is 0 Å². The molecule has 2 aliphatic rings. The van der Waals surface area contributed by atoms with Crippen LogP contribution in [-0.4, -0.2) is 40.1 Å². The number of methoxy groups -OCH3 is 4. The molecule has 0 spiro atoms. The van der Waals surface area contributed by atoms with Crippen LogP contribution in [0.4, 0.5) is 11.4 Å². The van der Waals surface area contributed by atoms with E-state index in [2.05, 4.69) is 5.32 Å². The predicted octanol–water partition coefficient (Wildman–Crippen LogP) is 6.03. The molecule has 40 heavy (non-hydrogen) atoms. The Bertz CT molecular complexity index is 1440. The summed E-state index contributed by atoms with van der Waals surface area (Å²) >= 11 is 0. The van der Waals surface area contributed by atoms with E-state index in [9.17, 15) is 9.59 Å². The van der Waals surface area contributed by atoms with E-state index in [0.29, 0.717) is 46.9 Å². The largest absolute Gasteiger partial charge is 0.497 e. The SMILES string of the molecule is CCC(=O)N1c2ccccc2NC2=C(C(=O)C[C@@H](c3ccc(OC)cc3)C2)[C@@H]1c1cc(OC)c(OC)c(OC)c1. The predicted molar refractivity (Wildman–Crippen MR) is 154 cm³/mol. The second kappa shape index (κ2) is 11.3. The third-order valence-electron chi connectivity index (χ3n) is 7.65. The summed E-state index contributed by atoms with van der Waals surface area (Å²) in [6.07, 6.45) is 1.19. The molecule has 1 aliphatic heterocycles. The molecule has 0 fully saturated rings. The highest BCUT2D eigenvalue weighted by molar-refractivity contribution is 6.06. The van der Waals surface area contributed by atoms with Crippen LogP contribution < -0.4 is 29.2 Å². The maximum Gasteiger partial charge on any atom is 0.227 e. The van der Waals surface area contributed by atoms with Crippen molar-refractivity contribution in [2.45, 2.75) is 38.1 Å². The average Bonchev–Trinajstić information content (AvgIpc) is 3.14. The van der Waals surface area contributed by atoms with Crippen LogP contribution >= 0.6 is 0 Å². The van der Waals surface area contributed by atoms with Gasteiger partial charge in [0.1, 0.15) is 5.75 Å². The average molecular weight is 543 g/mol. The van der Waals surface area contributed by atoms with Gasteiger partial charge in [-0.3, -0.25) is 14.5 Å². The van der Waals surface area contributed by atoms with E-state index in [4.69, 9.17) is 18.9 Å². The zero-order valence-electron chi connectivity index (χ0n) is 23.4. The van der Waals surface area contributed by atoms with Crippen LogP contribution in [0.15, 0.2) is 71.9 Å². The van der Waals surface area contributed by atoms with Gasteiger partial charge in [-0.25, -0.2) is 0 Å². The molecule has 0 saturated carbocycles. The third kappa shape index (κ3) is 4.74. The Labute approximate surface area is 234 Å². The van der Waals surface area contributed by atoms with E-state index in [1.807, 2.05) is 67.6 Å².